The molecule has 0 aromatic carbocycles. The molecule has 1 amide bonds. The fourth-order valence-electron chi connectivity index (χ4n) is 1.11. The highest BCUT2D eigenvalue weighted by Crippen LogP contribution is 2.15. The number of thiophene rings is 1. The minimum atomic E-state index is -3.43. The van der Waals surface area contributed by atoms with E-state index in [1.165, 1.54) is 0 Å². The summed E-state index contributed by atoms with van der Waals surface area (Å²) in [7, 11) is -3.43. The lowest BCUT2D eigenvalue weighted by atomic mass is 9.96. The largest absolute Gasteiger partial charge is 0.354 e. The number of sulfonamides is 1. The fraction of sp³-hybridized carbons (Fsp3) is 0.545. The molecule has 1 rings (SSSR count). The second-order valence-corrected chi connectivity index (χ2v) is 7.78. The molecule has 0 fully saturated rings. The Kier molecular flexibility index (Phi) is 4.89. The molecular weight excluding hydrogens is 272 g/mol. The van der Waals surface area contributed by atoms with Gasteiger partial charge in [-0.15, -0.1) is 11.3 Å². The Bertz CT molecular complexity index is 487. The Labute approximate surface area is 112 Å². The summed E-state index contributed by atoms with van der Waals surface area (Å²) in [4.78, 5) is 11.5. The van der Waals surface area contributed by atoms with Gasteiger partial charge in [0.15, 0.2) is 0 Å². The Balaban J connectivity index is 2.38. The van der Waals surface area contributed by atoms with Gasteiger partial charge in [0, 0.05) is 18.5 Å². The van der Waals surface area contributed by atoms with E-state index in [2.05, 4.69) is 10.0 Å². The van der Waals surface area contributed by atoms with E-state index in [0.717, 1.165) is 11.3 Å². The van der Waals surface area contributed by atoms with Gasteiger partial charge in [0.25, 0.3) is 0 Å². The summed E-state index contributed by atoms with van der Waals surface area (Å²) in [6.45, 7) is 5.87. The first kappa shape index (κ1) is 15.1. The summed E-state index contributed by atoms with van der Waals surface area (Å²) in [5, 5.41) is 4.38. The summed E-state index contributed by atoms with van der Waals surface area (Å²) in [6, 6.07) is 3.22. The molecule has 1 aromatic rings. The molecule has 0 saturated heterocycles. The highest BCUT2D eigenvalue weighted by molar-refractivity contribution is 7.91. The number of carbonyl (C=O) groups is 1. The quantitative estimate of drug-likeness (QED) is 0.800. The maximum Gasteiger partial charge on any atom is 0.250 e. The van der Waals surface area contributed by atoms with Crippen molar-refractivity contribution in [2.75, 3.05) is 13.1 Å². The second-order valence-electron chi connectivity index (χ2n) is 4.84. The maximum absolute atomic E-state index is 11.7. The van der Waals surface area contributed by atoms with Gasteiger partial charge >= 0.3 is 0 Å². The summed E-state index contributed by atoms with van der Waals surface area (Å²) < 4.78 is 26.2. The van der Waals surface area contributed by atoms with Crippen molar-refractivity contribution < 1.29 is 13.2 Å². The van der Waals surface area contributed by atoms with Gasteiger partial charge in [0.2, 0.25) is 15.9 Å². The van der Waals surface area contributed by atoms with Crippen LogP contribution in [0.2, 0.25) is 0 Å². The Morgan fingerprint density at radius 3 is 2.50 bits per heavy atom. The standard InChI is InChI=1S/C11H18N2O3S2/c1-11(2,3)10(14)12-6-7-13-18(15,16)9-5-4-8-17-9/h4-5,8,13H,6-7H2,1-3H3,(H,12,14). The van der Waals surface area contributed by atoms with Gasteiger partial charge in [-0.25, -0.2) is 13.1 Å². The Morgan fingerprint density at radius 1 is 1.33 bits per heavy atom. The van der Waals surface area contributed by atoms with Crippen LogP contribution in [-0.4, -0.2) is 27.4 Å². The van der Waals surface area contributed by atoms with Crippen molar-refractivity contribution in [1.82, 2.24) is 10.0 Å². The Hall–Kier alpha value is -0.920. The van der Waals surface area contributed by atoms with Crippen molar-refractivity contribution in [3.63, 3.8) is 0 Å². The van der Waals surface area contributed by atoms with E-state index in [-0.39, 0.29) is 23.2 Å². The average molecular weight is 290 g/mol. The second kappa shape index (κ2) is 5.81. The van der Waals surface area contributed by atoms with Gasteiger partial charge in [-0.1, -0.05) is 26.8 Å². The molecule has 0 atom stereocenters. The molecule has 18 heavy (non-hydrogen) atoms. The van der Waals surface area contributed by atoms with Crippen LogP contribution in [-0.2, 0) is 14.8 Å². The normalized spacial score (nSPS) is 12.4. The van der Waals surface area contributed by atoms with Crippen molar-refractivity contribution in [2.24, 2.45) is 5.41 Å². The first-order chi connectivity index (χ1) is 8.23. The minimum absolute atomic E-state index is 0.0992. The molecule has 102 valence electrons. The molecule has 1 heterocycles. The Morgan fingerprint density at radius 2 is 2.00 bits per heavy atom. The molecule has 0 aliphatic rings. The van der Waals surface area contributed by atoms with Gasteiger partial charge in [0.05, 0.1) is 0 Å². The summed E-state index contributed by atoms with van der Waals surface area (Å²) in [5.41, 5.74) is -0.466. The molecule has 0 aliphatic carbocycles. The zero-order chi connectivity index (χ0) is 13.8. The van der Waals surface area contributed by atoms with Crippen LogP contribution in [0.3, 0.4) is 0 Å². The van der Waals surface area contributed by atoms with Crippen LogP contribution in [0.4, 0.5) is 0 Å². The molecule has 0 unspecified atom stereocenters. The molecule has 5 nitrogen and oxygen atoms in total. The third-order valence-electron chi connectivity index (χ3n) is 2.14. The SMILES string of the molecule is CC(C)(C)C(=O)NCCNS(=O)(=O)c1cccs1. The third-order valence-corrected chi connectivity index (χ3v) is 5.00. The number of hydrogen-bond donors (Lipinski definition) is 2. The van der Waals surface area contributed by atoms with E-state index < -0.39 is 15.4 Å². The van der Waals surface area contributed by atoms with Gasteiger partial charge in [-0.05, 0) is 11.4 Å². The van der Waals surface area contributed by atoms with E-state index >= 15 is 0 Å². The van der Waals surface area contributed by atoms with E-state index in [0.29, 0.717) is 0 Å². The number of hydrogen-bond acceptors (Lipinski definition) is 4. The van der Waals surface area contributed by atoms with Crippen molar-refractivity contribution in [2.45, 2.75) is 25.0 Å². The predicted octanol–water partition coefficient (Wildman–Crippen LogP) is 1.19. The zero-order valence-corrected chi connectivity index (χ0v) is 12.3. The number of amides is 1. The van der Waals surface area contributed by atoms with E-state index in [9.17, 15) is 13.2 Å². The molecule has 2 N–H and O–H groups in total. The van der Waals surface area contributed by atoms with Gasteiger partial charge in [0.1, 0.15) is 4.21 Å². The van der Waals surface area contributed by atoms with Crippen LogP contribution in [0.5, 0.6) is 0 Å². The smallest absolute Gasteiger partial charge is 0.250 e. The molecular formula is C11H18N2O3S2. The van der Waals surface area contributed by atoms with E-state index in [1.54, 1.807) is 38.3 Å². The molecule has 0 saturated carbocycles. The van der Waals surface area contributed by atoms with Gasteiger partial charge < -0.3 is 5.32 Å². The highest BCUT2D eigenvalue weighted by Gasteiger charge is 2.20. The van der Waals surface area contributed by atoms with Crippen LogP contribution < -0.4 is 10.0 Å². The first-order valence-corrected chi connectivity index (χ1v) is 7.91. The molecule has 7 heteroatoms. The van der Waals surface area contributed by atoms with Crippen LogP contribution in [0.15, 0.2) is 21.7 Å². The fourth-order valence-corrected chi connectivity index (χ4v) is 3.18. The molecule has 1 aromatic heterocycles. The maximum atomic E-state index is 11.7. The molecule has 0 bridgehead atoms. The van der Waals surface area contributed by atoms with Gasteiger partial charge in [-0.3, -0.25) is 4.79 Å². The first-order valence-electron chi connectivity index (χ1n) is 5.55. The average Bonchev–Trinajstić information content (AvgIpc) is 2.76. The summed E-state index contributed by atoms with van der Waals surface area (Å²) in [6.07, 6.45) is 0. The van der Waals surface area contributed by atoms with Gasteiger partial charge in [-0.2, -0.15) is 0 Å². The van der Waals surface area contributed by atoms with Crippen molar-refractivity contribution >= 4 is 27.3 Å². The van der Waals surface area contributed by atoms with Crippen LogP contribution in [0.25, 0.3) is 0 Å². The van der Waals surface area contributed by atoms with E-state index in [1.807, 2.05) is 0 Å². The topological polar surface area (TPSA) is 75.3 Å². The lowest BCUT2D eigenvalue weighted by molar-refractivity contribution is -0.128. The number of carbonyl (C=O) groups excluding carboxylic acids is 1. The van der Waals surface area contributed by atoms with E-state index in [4.69, 9.17) is 0 Å². The highest BCUT2D eigenvalue weighted by atomic mass is 32.2. The number of rotatable bonds is 5. The minimum Gasteiger partial charge on any atom is -0.354 e. The monoisotopic (exact) mass is 290 g/mol. The van der Waals surface area contributed by atoms with Crippen molar-refractivity contribution in [1.29, 1.82) is 0 Å². The molecule has 0 spiro atoms. The third kappa shape index (κ3) is 4.40. The number of nitrogens with one attached hydrogen (secondary N) is 2. The predicted molar refractivity (Wildman–Crippen MR) is 72.0 cm³/mol. The van der Waals surface area contributed by atoms with Crippen LogP contribution >= 0.6 is 11.3 Å². The molecule has 0 aliphatic heterocycles. The van der Waals surface area contributed by atoms with Crippen LogP contribution in [0, 0.1) is 5.41 Å². The zero-order valence-electron chi connectivity index (χ0n) is 10.7. The van der Waals surface area contributed by atoms with Crippen molar-refractivity contribution in [3.8, 4) is 0 Å². The lowest BCUT2D eigenvalue weighted by Crippen LogP contribution is -2.39. The van der Waals surface area contributed by atoms with Crippen LogP contribution in [0.1, 0.15) is 20.8 Å². The summed E-state index contributed by atoms with van der Waals surface area (Å²) >= 11 is 1.16. The summed E-state index contributed by atoms with van der Waals surface area (Å²) in [5.74, 6) is -0.0992. The van der Waals surface area contributed by atoms with Crippen molar-refractivity contribution in [3.05, 3.63) is 17.5 Å². The lowest BCUT2D eigenvalue weighted by Gasteiger charge is -2.17. The molecule has 0 radical (unpaired) electrons.